The summed E-state index contributed by atoms with van der Waals surface area (Å²) in [4.78, 5) is 8.77. The van der Waals surface area contributed by atoms with E-state index < -0.39 is 11.6 Å². The monoisotopic (exact) mass is 354 g/mol. The van der Waals surface area contributed by atoms with Crippen molar-refractivity contribution in [3.8, 4) is 11.3 Å². The summed E-state index contributed by atoms with van der Waals surface area (Å²) in [5.41, 5.74) is 1.01. The standard InChI is InChI=1S/C20H20F2N4/c1-20(2,3)26-17-12-16(13-8-5-4-6-9-13)23-19(24-17)25-18-14(21)10-7-11-15(18)22/h4-12H,1-3H3,(H2,23,24,25,26). The Kier molecular flexibility index (Phi) is 4.84. The Hall–Kier alpha value is -3.02. The van der Waals surface area contributed by atoms with Crippen LogP contribution in [0.2, 0.25) is 0 Å². The van der Waals surface area contributed by atoms with Gasteiger partial charge in [-0.05, 0) is 32.9 Å². The molecule has 6 heteroatoms. The minimum absolute atomic E-state index is 0.113. The Labute approximate surface area is 151 Å². The number of hydrogen-bond acceptors (Lipinski definition) is 4. The summed E-state index contributed by atoms with van der Waals surface area (Å²) >= 11 is 0. The first-order valence-electron chi connectivity index (χ1n) is 8.25. The van der Waals surface area contributed by atoms with Gasteiger partial charge in [-0.15, -0.1) is 0 Å². The summed E-state index contributed by atoms with van der Waals surface area (Å²) in [6, 6.07) is 15.0. The first-order valence-corrected chi connectivity index (χ1v) is 8.25. The van der Waals surface area contributed by atoms with Crippen LogP contribution in [0.15, 0.2) is 54.6 Å². The first kappa shape index (κ1) is 17.8. The lowest BCUT2D eigenvalue weighted by molar-refractivity contribution is 0.590. The molecule has 0 radical (unpaired) electrons. The molecule has 0 fully saturated rings. The predicted molar refractivity (Wildman–Crippen MR) is 100 cm³/mol. The lowest BCUT2D eigenvalue weighted by Crippen LogP contribution is -2.27. The van der Waals surface area contributed by atoms with Crippen molar-refractivity contribution in [2.75, 3.05) is 10.6 Å². The highest BCUT2D eigenvalue weighted by Crippen LogP contribution is 2.26. The third-order valence-electron chi connectivity index (χ3n) is 3.50. The predicted octanol–water partition coefficient (Wildman–Crippen LogP) is 5.38. The van der Waals surface area contributed by atoms with E-state index in [2.05, 4.69) is 20.6 Å². The highest BCUT2D eigenvalue weighted by atomic mass is 19.1. The number of hydrogen-bond donors (Lipinski definition) is 2. The zero-order valence-corrected chi connectivity index (χ0v) is 14.8. The van der Waals surface area contributed by atoms with E-state index >= 15 is 0 Å². The molecule has 4 nitrogen and oxygen atoms in total. The van der Waals surface area contributed by atoms with Crippen molar-refractivity contribution in [1.29, 1.82) is 0 Å². The SMILES string of the molecule is CC(C)(C)Nc1cc(-c2ccccc2)nc(Nc2c(F)cccc2F)n1. The topological polar surface area (TPSA) is 49.8 Å². The van der Waals surface area contributed by atoms with Gasteiger partial charge in [-0.2, -0.15) is 4.98 Å². The van der Waals surface area contributed by atoms with Crippen molar-refractivity contribution >= 4 is 17.5 Å². The van der Waals surface area contributed by atoms with Crippen LogP contribution < -0.4 is 10.6 Å². The number of para-hydroxylation sites is 1. The second-order valence-corrected chi connectivity index (χ2v) is 6.92. The van der Waals surface area contributed by atoms with E-state index in [4.69, 9.17) is 0 Å². The molecule has 0 bridgehead atoms. The van der Waals surface area contributed by atoms with Gasteiger partial charge < -0.3 is 10.6 Å². The Balaban J connectivity index is 2.05. The molecular formula is C20H20F2N4. The molecule has 0 aliphatic rings. The molecule has 1 heterocycles. The van der Waals surface area contributed by atoms with Gasteiger partial charge in [-0.1, -0.05) is 36.4 Å². The number of anilines is 3. The van der Waals surface area contributed by atoms with Crippen molar-refractivity contribution in [2.24, 2.45) is 0 Å². The number of rotatable bonds is 4. The van der Waals surface area contributed by atoms with E-state index in [0.29, 0.717) is 11.5 Å². The summed E-state index contributed by atoms with van der Waals surface area (Å²) in [6.07, 6.45) is 0. The zero-order chi connectivity index (χ0) is 18.7. The molecule has 1 aromatic heterocycles. The van der Waals surface area contributed by atoms with Gasteiger partial charge in [0.1, 0.15) is 23.1 Å². The third-order valence-corrected chi connectivity index (χ3v) is 3.50. The van der Waals surface area contributed by atoms with Gasteiger partial charge in [0, 0.05) is 17.2 Å². The Morgan fingerprint density at radius 2 is 1.50 bits per heavy atom. The molecule has 0 spiro atoms. The van der Waals surface area contributed by atoms with Crippen LogP contribution in [0.5, 0.6) is 0 Å². The Bertz CT molecular complexity index is 885. The maximum absolute atomic E-state index is 14.0. The number of nitrogens with zero attached hydrogens (tertiary/aromatic N) is 2. The summed E-state index contributed by atoms with van der Waals surface area (Å²) in [5.74, 6) is -0.735. The smallest absolute Gasteiger partial charge is 0.229 e. The number of aromatic nitrogens is 2. The van der Waals surface area contributed by atoms with Crippen LogP contribution in [-0.4, -0.2) is 15.5 Å². The van der Waals surface area contributed by atoms with Crippen LogP contribution in [0.4, 0.5) is 26.2 Å². The normalized spacial score (nSPS) is 11.3. The minimum atomic E-state index is -0.705. The van der Waals surface area contributed by atoms with Gasteiger partial charge in [0.25, 0.3) is 0 Å². The maximum Gasteiger partial charge on any atom is 0.229 e. The van der Waals surface area contributed by atoms with E-state index in [0.717, 1.165) is 5.56 Å². The quantitative estimate of drug-likeness (QED) is 0.661. The molecule has 2 aromatic carbocycles. The summed E-state index contributed by atoms with van der Waals surface area (Å²) in [6.45, 7) is 6.00. The fraction of sp³-hybridized carbons (Fsp3) is 0.200. The molecule has 26 heavy (non-hydrogen) atoms. The minimum Gasteiger partial charge on any atom is -0.365 e. The lowest BCUT2D eigenvalue weighted by Gasteiger charge is -2.22. The third kappa shape index (κ3) is 4.33. The molecule has 3 rings (SSSR count). The number of halogens is 2. The van der Waals surface area contributed by atoms with Crippen LogP contribution >= 0.6 is 0 Å². The van der Waals surface area contributed by atoms with E-state index in [1.807, 2.05) is 57.2 Å². The van der Waals surface area contributed by atoms with E-state index in [1.165, 1.54) is 18.2 Å². The van der Waals surface area contributed by atoms with Crippen LogP contribution in [0.25, 0.3) is 11.3 Å². The van der Waals surface area contributed by atoms with Crippen LogP contribution in [0.3, 0.4) is 0 Å². The molecule has 0 saturated carbocycles. The van der Waals surface area contributed by atoms with E-state index in [-0.39, 0.29) is 17.2 Å². The van der Waals surface area contributed by atoms with E-state index in [1.54, 1.807) is 0 Å². The second kappa shape index (κ2) is 7.07. The van der Waals surface area contributed by atoms with Gasteiger partial charge in [0.2, 0.25) is 5.95 Å². The van der Waals surface area contributed by atoms with Crippen molar-refractivity contribution in [3.05, 3.63) is 66.2 Å². The van der Waals surface area contributed by atoms with Gasteiger partial charge in [-0.3, -0.25) is 0 Å². The zero-order valence-electron chi connectivity index (χ0n) is 14.8. The van der Waals surface area contributed by atoms with Crippen molar-refractivity contribution in [2.45, 2.75) is 26.3 Å². The second-order valence-electron chi connectivity index (χ2n) is 6.92. The van der Waals surface area contributed by atoms with Crippen LogP contribution in [-0.2, 0) is 0 Å². The highest BCUT2D eigenvalue weighted by molar-refractivity contribution is 5.66. The molecule has 0 aliphatic carbocycles. The Morgan fingerprint density at radius 3 is 2.12 bits per heavy atom. The average molecular weight is 354 g/mol. The molecule has 2 N–H and O–H groups in total. The van der Waals surface area contributed by atoms with Gasteiger partial charge in [-0.25, -0.2) is 13.8 Å². The summed E-state index contributed by atoms with van der Waals surface area (Å²) in [7, 11) is 0. The van der Waals surface area contributed by atoms with Gasteiger partial charge in [0.05, 0.1) is 5.69 Å². The molecule has 3 aromatic rings. The van der Waals surface area contributed by atoms with Crippen LogP contribution in [0, 0.1) is 11.6 Å². The van der Waals surface area contributed by atoms with Crippen molar-refractivity contribution in [1.82, 2.24) is 9.97 Å². The Morgan fingerprint density at radius 1 is 0.846 bits per heavy atom. The summed E-state index contributed by atoms with van der Waals surface area (Å²) in [5, 5.41) is 5.93. The van der Waals surface area contributed by atoms with Gasteiger partial charge in [0.15, 0.2) is 0 Å². The van der Waals surface area contributed by atoms with E-state index in [9.17, 15) is 8.78 Å². The molecular weight excluding hydrogens is 334 g/mol. The summed E-state index contributed by atoms with van der Waals surface area (Å²) < 4.78 is 27.9. The van der Waals surface area contributed by atoms with Crippen LogP contribution in [0.1, 0.15) is 20.8 Å². The largest absolute Gasteiger partial charge is 0.365 e. The van der Waals surface area contributed by atoms with Crippen molar-refractivity contribution in [3.63, 3.8) is 0 Å². The van der Waals surface area contributed by atoms with Crippen molar-refractivity contribution < 1.29 is 8.78 Å². The molecule has 0 amide bonds. The lowest BCUT2D eigenvalue weighted by atomic mass is 10.1. The highest BCUT2D eigenvalue weighted by Gasteiger charge is 2.15. The van der Waals surface area contributed by atoms with Gasteiger partial charge >= 0.3 is 0 Å². The molecule has 0 unspecified atom stereocenters. The first-order chi connectivity index (χ1) is 12.3. The number of nitrogens with one attached hydrogen (secondary N) is 2. The molecule has 0 aliphatic heterocycles. The maximum atomic E-state index is 14.0. The number of benzene rings is 2. The average Bonchev–Trinajstić information content (AvgIpc) is 2.57. The molecule has 0 atom stereocenters. The fourth-order valence-electron chi connectivity index (χ4n) is 2.44. The molecule has 134 valence electrons. The fourth-order valence-corrected chi connectivity index (χ4v) is 2.44. The molecule has 0 saturated heterocycles.